The number of aliphatic hydroxyl groups is 1. The van der Waals surface area contributed by atoms with Crippen molar-refractivity contribution in [2.45, 2.75) is 31.8 Å². The Morgan fingerprint density at radius 1 is 1.33 bits per heavy atom. The molecular weight excluding hydrogens is 152 g/mol. The summed E-state index contributed by atoms with van der Waals surface area (Å²) in [6, 6.07) is 0. The van der Waals surface area contributed by atoms with Gasteiger partial charge in [0.1, 0.15) is 0 Å². The summed E-state index contributed by atoms with van der Waals surface area (Å²) in [6.07, 6.45) is 4.92. The minimum absolute atomic E-state index is 0.0149. The molecule has 2 aliphatic rings. The lowest BCUT2D eigenvalue weighted by Gasteiger charge is -2.26. The lowest BCUT2D eigenvalue weighted by Crippen LogP contribution is -2.28. The highest BCUT2D eigenvalue weighted by molar-refractivity contribution is 4.96. The Morgan fingerprint density at radius 2 is 2.08 bits per heavy atom. The van der Waals surface area contributed by atoms with E-state index in [2.05, 4.69) is 0 Å². The fourth-order valence-corrected chi connectivity index (χ4v) is 3.04. The number of hydrogen-bond donors (Lipinski definition) is 1. The van der Waals surface area contributed by atoms with Crippen molar-refractivity contribution in [1.82, 2.24) is 0 Å². The van der Waals surface area contributed by atoms with Crippen LogP contribution in [0.2, 0.25) is 0 Å². The highest BCUT2D eigenvalue weighted by Gasteiger charge is 2.46. The van der Waals surface area contributed by atoms with E-state index in [0.717, 1.165) is 18.9 Å². The van der Waals surface area contributed by atoms with Crippen LogP contribution in [-0.2, 0) is 4.74 Å². The van der Waals surface area contributed by atoms with Gasteiger partial charge in [0.05, 0.1) is 6.10 Å². The van der Waals surface area contributed by atoms with Crippen LogP contribution in [0.3, 0.4) is 0 Å². The fourth-order valence-electron chi connectivity index (χ4n) is 3.04. The van der Waals surface area contributed by atoms with Crippen LogP contribution in [0.25, 0.3) is 0 Å². The zero-order valence-electron chi connectivity index (χ0n) is 7.70. The summed E-state index contributed by atoms with van der Waals surface area (Å²) in [5, 5.41) is 9.85. The van der Waals surface area contributed by atoms with Crippen molar-refractivity contribution in [3.63, 3.8) is 0 Å². The number of hydrogen-bond acceptors (Lipinski definition) is 2. The Hall–Kier alpha value is -0.0800. The Labute approximate surface area is 73.9 Å². The van der Waals surface area contributed by atoms with E-state index in [9.17, 15) is 5.11 Å². The van der Waals surface area contributed by atoms with Crippen molar-refractivity contribution >= 4 is 0 Å². The highest BCUT2D eigenvalue weighted by Crippen LogP contribution is 2.49. The van der Waals surface area contributed by atoms with Gasteiger partial charge in [-0.2, -0.15) is 0 Å². The lowest BCUT2D eigenvalue weighted by atomic mass is 9.84. The molecule has 0 amide bonds. The molecule has 12 heavy (non-hydrogen) atoms. The van der Waals surface area contributed by atoms with Gasteiger partial charge in [-0.25, -0.2) is 0 Å². The van der Waals surface area contributed by atoms with E-state index in [4.69, 9.17) is 4.74 Å². The molecule has 0 heterocycles. The fraction of sp³-hybridized carbons (Fsp3) is 1.00. The highest BCUT2D eigenvalue weighted by atomic mass is 16.5. The van der Waals surface area contributed by atoms with Gasteiger partial charge in [-0.05, 0) is 43.4 Å². The average Bonchev–Trinajstić information content (AvgIpc) is 2.62. The van der Waals surface area contributed by atoms with Crippen LogP contribution in [-0.4, -0.2) is 24.9 Å². The second kappa shape index (κ2) is 3.35. The van der Waals surface area contributed by atoms with Crippen LogP contribution in [0.4, 0.5) is 0 Å². The molecule has 2 aliphatic carbocycles. The normalized spacial score (nSPS) is 45.5. The molecule has 0 saturated heterocycles. The van der Waals surface area contributed by atoms with E-state index < -0.39 is 0 Å². The zero-order chi connectivity index (χ0) is 8.55. The molecule has 2 rings (SSSR count). The summed E-state index contributed by atoms with van der Waals surface area (Å²) in [6.45, 7) is 0.810. The largest absolute Gasteiger partial charge is 0.393 e. The second-order valence-electron chi connectivity index (χ2n) is 4.27. The third-order valence-electron chi connectivity index (χ3n) is 3.70. The Morgan fingerprint density at radius 3 is 2.67 bits per heavy atom. The topological polar surface area (TPSA) is 29.5 Å². The quantitative estimate of drug-likeness (QED) is 0.694. The molecule has 2 fully saturated rings. The molecule has 2 saturated carbocycles. The van der Waals surface area contributed by atoms with Gasteiger partial charge >= 0.3 is 0 Å². The summed E-state index contributed by atoms with van der Waals surface area (Å²) >= 11 is 0. The van der Waals surface area contributed by atoms with Gasteiger partial charge < -0.3 is 9.84 Å². The van der Waals surface area contributed by atoms with E-state index in [-0.39, 0.29) is 6.10 Å². The molecule has 0 aromatic heterocycles. The first-order chi connectivity index (χ1) is 5.83. The number of rotatable bonds is 3. The van der Waals surface area contributed by atoms with Gasteiger partial charge in [0.2, 0.25) is 0 Å². The molecule has 0 spiro atoms. The molecule has 2 nitrogen and oxygen atoms in total. The SMILES string of the molecule is COCC[C@H]1[C@@H]2CC[C@@H](C2)[C@H]1O. The third-order valence-corrected chi connectivity index (χ3v) is 3.70. The van der Waals surface area contributed by atoms with Crippen LogP contribution in [0, 0.1) is 17.8 Å². The standard InChI is InChI=1S/C10H18O2/c1-12-5-4-9-7-2-3-8(6-7)10(9)11/h7-11H,2-6H2,1H3/t7-,8+,9+,10-/m1/s1. The molecular formula is C10H18O2. The van der Waals surface area contributed by atoms with Crippen molar-refractivity contribution in [3.8, 4) is 0 Å². The second-order valence-corrected chi connectivity index (χ2v) is 4.27. The zero-order valence-corrected chi connectivity index (χ0v) is 7.70. The van der Waals surface area contributed by atoms with Crippen LogP contribution < -0.4 is 0 Å². The van der Waals surface area contributed by atoms with Crippen molar-refractivity contribution < 1.29 is 9.84 Å². The molecule has 1 N–H and O–H groups in total. The maximum absolute atomic E-state index is 9.85. The maximum Gasteiger partial charge on any atom is 0.0600 e. The smallest absolute Gasteiger partial charge is 0.0600 e. The molecule has 70 valence electrons. The molecule has 0 aliphatic heterocycles. The first-order valence-electron chi connectivity index (χ1n) is 5.00. The van der Waals surface area contributed by atoms with Crippen LogP contribution in [0.5, 0.6) is 0 Å². The predicted octanol–water partition coefficient (Wildman–Crippen LogP) is 1.43. The lowest BCUT2D eigenvalue weighted by molar-refractivity contribution is 0.0401. The van der Waals surface area contributed by atoms with Gasteiger partial charge in [-0.15, -0.1) is 0 Å². The molecule has 4 atom stereocenters. The predicted molar refractivity (Wildman–Crippen MR) is 46.8 cm³/mol. The van der Waals surface area contributed by atoms with E-state index in [0.29, 0.717) is 11.8 Å². The molecule has 0 aromatic rings. The van der Waals surface area contributed by atoms with E-state index in [1.807, 2.05) is 0 Å². The minimum Gasteiger partial charge on any atom is -0.393 e. The average molecular weight is 170 g/mol. The monoisotopic (exact) mass is 170 g/mol. The summed E-state index contributed by atoms with van der Waals surface area (Å²) in [4.78, 5) is 0. The molecule has 2 heteroatoms. The summed E-state index contributed by atoms with van der Waals surface area (Å²) in [5.41, 5.74) is 0. The summed E-state index contributed by atoms with van der Waals surface area (Å²) < 4.78 is 5.05. The number of methoxy groups -OCH3 is 1. The van der Waals surface area contributed by atoms with Crippen molar-refractivity contribution in [3.05, 3.63) is 0 Å². The number of fused-ring (bicyclic) bond motifs is 2. The Kier molecular flexibility index (Phi) is 2.37. The van der Waals surface area contributed by atoms with Crippen molar-refractivity contribution in [1.29, 1.82) is 0 Å². The molecule has 0 radical (unpaired) electrons. The first kappa shape index (κ1) is 8.52. The maximum atomic E-state index is 9.85. The van der Waals surface area contributed by atoms with E-state index in [1.165, 1.54) is 19.3 Å². The van der Waals surface area contributed by atoms with Crippen molar-refractivity contribution in [2.75, 3.05) is 13.7 Å². The Balaban J connectivity index is 1.89. The number of aliphatic hydroxyl groups excluding tert-OH is 1. The summed E-state index contributed by atoms with van der Waals surface area (Å²) in [5.74, 6) is 1.97. The number of ether oxygens (including phenoxy) is 1. The van der Waals surface area contributed by atoms with Gasteiger partial charge in [-0.3, -0.25) is 0 Å². The first-order valence-corrected chi connectivity index (χ1v) is 5.00. The molecule has 0 unspecified atom stereocenters. The van der Waals surface area contributed by atoms with Crippen LogP contribution in [0.15, 0.2) is 0 Å². The van der Waals surface area contributed by atoms with Gasteiger partial charge in [0, 0.05) is 13.7 Å². The van der Waals surface area contributed by atoms with E-state index >= 15 is 0 Å². The minimum atomic E-state index is -0.0149. The third kappa shape index (κ3) is 1.27. The molecule has 2 bridgehead atoms. The van der Waals surface area contributed by atoms with Crippen molar-refractivity contribution in [2.24, 2.45) is 17.8 Å². The van der Waals surface area contributed by atoms with Gasteiger partial charge in [0.15, 0.2) is 0 Å². The summed E-state index contributed by atoms with van der Waals surface area (Å²) in [7, 11) is 1.74. The van der Waals surface area contributed by atoms with Gasteiger partial charge in [-0.1, -0.05) is 0 Å². The van der Waals surface area contributed by atoms with Crippen LogP contribution >= 0.6 is 0 Å². The van der Waals surface area contributed by atoms with Crippen LogP contribution in [0.1, 0.15) is 25.7 Å². The Bertz CT molecular complexity index is 156. The van der Waals surface area contributed by atoms with E-state index in [1.54, 1.807) is 7.11 Å². The molecule has 0 aromatic carbocycles. The van der Waals surface area contributed by atoms with Gasteiger partial charge in [0.25, 0.3) is 0 Å².